The van der Waals surface area contributed by atoms with Crippen molar-refractivity contribution in [2.24, 2.45) is 0 Å². The monoisotopic (exact) mass is 234 g/mol. The van der Waals surface area contributed by atoms with Gasteiger partial charge in [0.25, 0.3) is 0 Å². The topological polar surface area (TPSA) is 41.6 Å². The van der Waals surface area contributed by atoms with Gasteiger partial charge in [0.05, 0.1) is 12.7 Å². The summed E-state index contributed by atoms with van der Waals surface area (Å²) in [5.41, 5.74) is 1.66. The number of carbonyl (C=O) groups excluding carboxylic acids is 1. The minimum absolute atomic E-state index is 0.287. The first-order chi connectivity index (χ1) is 8.22. The van der Waals surface area contributed by atoms with Crippen molar-refractivity contribution in [3.63, 3.8) is 0 Å². The Morgan fingerprint density at radius 3 is 3.00 bits per heavy atom. The largest absolute Gasteiger partial charge is 0.465 e. The first-order valence-corrected chi connectivity index (χ1v) is 5.84. The number of benzene rings is 1. The van der Waals surface area contributed by atoms with Gasteiger partial charge in [0.2, 0.25) is 0 Å². The third-order valence-electron chi connectivity index (χ3n) is 3.26. The zero-order valence-electron chi connectivity index (χ0n) is 10.3. The Morgan fingerprint density at radius 1 is 1.53 bits per heavy atom. The quantitative estimate of drug-likeness (QED) is 0.800. The van der Waals surface area contributed by atoms with E-state index in [1.807, 2.05) is 18.2 Å². The molecule has 1 atom stereocenters. The fourth-order valence-electron chi connectivity index (χ4n) is 2.15. The number of anilines is 1. The molecule has 1 fully saturated rings. The Morgan fingerprint density at radius 2 is 2.35 bits per heavy atom. The molecule has 0 aliphatic carbocycles. The van der Waals surface area contributed by atoms with Crippen molar-refractivity contribution in [1.82, 2.24) is 5.32 Å². The second-order valence-corrected chi connectivity index (χ2v) is 4.30. The van der Waals surface area contributed by atoms with Crippen molar-refractivity contribution >= 4 is 11.7 Å². The molecular weight excluding hydrogens is 216 g/mol. The molecular formula is C13H18N2O2. The summed E-state index contributed by atoms with van der Waals surface area (Å²) in [6.45, 7) is 2.06. The van der Waals surface area contributed by atoms with E-state index in [2.05, 4.69) is 17.3 Å². The number of likely N-dealkylation sites (N-methyl/N-ethyl adjacent to an activating group) is 1. The predicted molar refractivity (Wildman–Crippen MR) is 67.5 cm³/mol. The average Bonchev–Trinajstić information content (AvgIpc) is 2.91. The van der Waals surface area contributed by atoms with Crippen LogP contribution in [-0.2, 0) is 4.74 Å². The Balaban J connectivity index is 2.17. The summed E-state index contributed by atoms with van der Waals surface area (Å²) in [4.78, 5) is 13.7. The van der Waals surface area contributed by atoms with Gasteiger partial charge < -0.3 is 15.0 Å². The molecule has 1 N–H and O–H groups in total. The Kier molecular flexibility index (Phi) is 3.64. The van der Waals surface area contributed by atoms with Crippen LogP contribution in [0.25, 0.3) is 0 Å². The number of nitrogens with one attached hydrogen (secondary N) is 1. The fraction of sp³-hybridized carbons (Fsp3) is 0.462. The van der Waals surface area contributed by atoms with Gasteiger partial charge in [-0.25, -0.2) is 4.79 Å². The first-order valence-electron chi connectivity index (χ1n) is 5.84. The summed E-state index contributed by atoms with van der Waals surface area (Å²) in [6, 6.07) is 8.06. The lowest BCUT2D eigenvalue weighted by atomic mass is 10.1. The van der Waals surface area contributed by atoms with E-state index in [-0.39, 0.29) is 5.97 Å². The van der Waals surface area contributed by atoms with Gasteiger partial charge in [-0.15, -0.1) is 0 Å². The summed E-state index contributed by atoms with van der Waals surface area (Å²) in [5, 5.41) is 3.34. The minimum atomic E-state index is -0.287. The second-order valence-electron chi connectivity index (χ2n) is 4.30. The minimum Gasteiger partial charge on any atom is -0.465 e. The SMILES string of the molecule is COC(=O)c1cccc(N(C)C2CCNC2)c1. The average molecular weight is 234 g/mol. The molecule has 0 saturated carbocycles. The van der Waals surface area contributed by atoms with Crippen molar-refractivity contribution in [2.45, 2.75) is 12.5 Å². The molecule has 0 aromatic heterocycles. The molecule has 0 amide bonds. The van der Waals surface area contributed by atoms with Gasteiger partial charge >= 0.3 is 5.97 Å². The summed E-state index contributed by atoms with van der Waals surface area (Å²) in [5.74, 6) is -0.287. The van der Waals surface area contributed by atoms with Gasteiger partial charge in [-0.05, 0) is 31.2 Å². The number of hydrogen-bond acceptors (Lipinski definition) is 4. The molecule has 1 heterocycles. The van der Waals surface area contributed by atoms with Crippen LogP contribution in [0.2, 0.25) is 0 Å². The second kappa shape index (κ2) is 5.19. The summed E-state index contributed by atoms with van der Waals surface area (Å²) in [7, 11) is 3.47. The molecule has 1 unspecified atom stereocenters. The summed E-state index contributed by atoms with van der Waals surface area (Å²) < 4.78 is 4.73. The van der Waals surface area contributed by atoms with Crippen LogP contribution in [0.15, 0.2) is 24.3 Å². The van der Waals surface area contributed by atoms with Gasteiger partial charge in [-0.1, -0.05) is 6.07 Å². The Labute approximate surface area is 102 Å². The van der Waals surface area contributed by atoms with Crippen LogP contribution in [0.3, 0.4) is 0 Å². The molecule has 4 nitrogen and oxygen atoms in total. The van der Waals surface area contributed by atoms with Gasteiger partial charge in [0.1, 0.15) is 0 Å². The molecule has 0 spiro atoms. The number of nitrogens with zero attached hydrogens (tertiary/aromatic N) is 1. The molecule has 4 heteroatoms. The van der Waals surface area contributed by atoms with Crippen LogP contribution in [0.1, 0.15) is 16.8 Å². The predicted octanol–water partition coefficient (Wildman–Crippen LogP) is 1.27. The van der Waals surface area contributed by atoms with Crippen LogP contribution >= 0.6 is 0 Å². The summed E-state index contributed by atoms with van der Waals surface area (Å²) >= 11 is 0. The van der Waals surface area contributed by atoms with E-state index in [9.17, 15) is 4.79 Å². The molecule has 0 bridgehead atoms. The highest BCUT2D eigenvalue weighted by atomic mass is 16.5. The maximum absolute atomic E-state index is 11.5. The lowest BCUT2D eigenvalue weighted by Gasteiger charge is -2.26. The van der Waals surface area contributed by atoms with Gasteiger partial charge in [0, 0.05) is 25.3 Å². The smallest absolute Gasteiger partial charge is 0.337 e. The lowest BCUT2D eigenvalue weighted by molar-refractivity contribution is 0.0601. The maximum Gasteiger partial charge on any atom is 0.337 e. The van der Waals surface area contributed by atoms with Crippen LogP contribution in [0.4, 0.5) is 5.69 Å². The summed E-state index contributed by atoms with van der Waals surface area (Å²) in [6.07, 6.45) is 1.14. The van der Waals surface area contributed by atoms with Crippen molar-refractivity contribution in [3.05, 3.63) is 29.8 Å². The number of hydrogen-bond donors (Lipinski definition) is 1. The van der Waals surface area contributed by atoms with E-state index in [0.717, 1.165) is 25.2 Å². The van der Waals surface area contributed by atoms with E-state index in [4.69, 9.17) is 4.74 Å². The normalized spacial score (nSPS) is 19.1. The van der Waals surface area contributed by atoms with Crippen molar-refractivity contribution in [1.29, 1.82) is 0 Å². The third-order valence-corrected chi connectivity index (χ3v) is 3.26. The molecule has 1 aromatic rings. The molecule has 92 valence electrons. The van der Waals surface area contributed by atoms with Crippen LogP contribution in [0.5, 0.6) is 0 Å². The van der Waals surface area contributed by atoms with Crippen molar-refractivity contribution < 1.29 is 9.53 Å². The van der Waals surface area contributed by atoms with Gasteiger partial charge in [-0.2, -0.15) is 0 Å². The molecule has 17 heavy (non-hydrogen) atoms. The van der Waals surface area contributed by atoms with E-state index in [0.29, 0.717) is 11.6 Å². The molecule has 0 radical (unpaired) electrons. The highest BCUT2D eigenvalue weighted by molar-refractivity contribution is 5.90. The van der Waals surface area contributed by atoms with E-state index in [1.165, 1.54) is 7.11 Å². The Hall–Kier alpha value is -1.55. The third kappa shape index (κ3) is 2.58. The zero-order chi connectivity index (χ0) is 12.3. The fourth-order valence-corrected chi connectivity index (χ4v) is 2.15. The molecule has 1 saturated heterocycles. The maximum atomic E-state index is 11.5. The van der Waals surface area contributed by atoms with Gasteiger partial charge in [-0.3, -0.25) is 0 Å². The van der Waals surface area contributed by atoms with E-state index >= 15 is 0 Å². The standard InChI is InChI=1S/C13H18N2O2/c1-15(12-6-7-14-9-12)11-5-3-4-10(8-11)13(16)17-2/h3-5,8,12,14H,6-7,9H2,1-2H3. The molecule has 1 aliphatic rings. The van der Waals surface area contributed by atoms with Crippen molar-refractivity contribution in [3.8, 4) is 0 Å². The van der Waals surface area contributed by atoms with E-state index < -0.39 is 0 Å². The zero-order valence-corrected chi connectivity index (χ0v) is 10.3. The van der Waals surface area contributed by atoms with Gasteiger partial charge in [0.15, 0.2) is 0 Å². The molecule has 1 aromatic carbocycles. The van der Waals surface area contributed by atoms with Crippen LogP contribution < -0.4 is 10.2 Å². The highest BCUT2D eigenvalue weighted by Gasteiger charge is 2.20. The highest BCUT2D eigenvalue weighted by Crippen LogP contribution is 2.20. The number of rotatable bonds is 3. The number of esters is 1. The van der Waals surface area contributed by atoms with Crippen LogP contribution in [0, 0.1) is 0 Å². The number of carbonyl (C=O) groups is 1. The lowest BCUT2D eigenvalue weighted by Crippen LogP contribution is -2.33. The molecule has 2 rings (SSSR count). The van der Waals surface area contributed by atoms with E-state index in [1.54, 1.807) is 6.07 Å². The number of ether oxygens (including phenoxy) is 1. The van der Waals surface area contributed by atoms with Crippen molar-refractivity contribution in [2.75, 3.05) is 32.1 Å². The van der Waals surface area contributed by atoms with Crippen LogP contribution in [-0.4, -0.2) is 39.3 Å². The first kappa shape index (κ1) is 11.9. The molecule has 1 aliphatic heterocycles. The Bertz CT molecular complexity index is 400. The number of methoxy groups -OCH3 is 1.